The molecule has 0 radical (unpaired) electrons. The minimum atomic E-state index is 0.165. The lowest BCUT2D eigenvalue weighted by Crippen LogP contribution is -2.22. The fraction of sp³-hybridized carbons (Fsp3) is 0.261. The second-order valence-electron chi connectivity index (χ2n) is 7.64. The van der Waals surface area contributed by atoms with Gasteiger partial charge in [-0.05, 0) is 54.1 Å². The van der Waals surface area contributed by atoms with Crippen molar-refractivity contribution in [3.63, 3.8) is 0 Å². The third kappa shape index (κ3) is 3.47. The molecule has 0 aliphatic heterocycles. The van der Waals surface area contributed by atoms with E-state index in [2.05, 4.69) is 74.2 Å². The molecule has 4 aromatic rings. The van der Waals surface area contributed by atoms with Crippen LogP contribution in [0, 0.1) is 0 Å². The summed E-state index contributed by atoms with van der Waals surface area (Å²) < 4.78 is 0. The van der Waals surface area contributed by atoms with E-state index in [1.165, 1.54) is 16.7 Å². The standard InChI is InChI=1S/C23H24N6/c24-21-14-19(22-23(26-21)28-29-27-22)17(15-6-2-1-3-7-15)12-13-25-20-11-10-16-8-4-5-9-18(16)20/h1-9,14,17,20,25H,10-13H2,(H3,24,26,27,28,29)/t17-,20+/m1/s1. The van der Waals surface area contributed by atoms with Gasteiger partial charge in [0.05, 0.1) is 0 Å². The van der Waals surface area contributed by atoms with Gasteiger partial charge in [0.1, 0.15) is 11.3 Å². The van der Waals surface area contributed by atoms with E-state index in [9.17, 15) is 0 Å². The first-order valence-electron chi connectivity index (χ1n) is 10.1. The Morgan fingerprint density at radius 2 is 1.93 bits per heavy atom. The molecular weight excluding hydrogens is 360 g/mol. The topological polar surface area (TPSA) is 92.5 Å². The molecule has 6 heteroatoms. The van der Waals surface area contributed by atoms with E-state index in [1.807, 2.05) is 12.1 Å². The molecule has 146 valence electrons. The van der Waals surface area contributed by atoms with Crippen molar-refractivity contribution in [3.8, 4) is 0 Å². The molecule has 0 saturated heterocycles. The number of aryl methyl sites for hydroxylation is 1. The van der Waals surface area contributed by atoms with Gasteiger partial charge in [-0.2, -0.15) is 0 Å². The molecule has 0 bridgehead atoms. The van der Waals surface area contributed by atoms with Crippen LogP contribution in [0.2, 0.25) is 0 Å². The maximum Gasteiger partial charge on any atom is 0.178 e. The molecule has 0 unspecified atom stereocenters. The van der Waals surface area contributed by atoms with Gasteiger partial charge >= 0.3 is 0 Å². The van der Waals surface area contributed by atoms with Crippen LogP contribution in [0.5, 0.6) is 0 Å². The largest absolute Gasteiger partial charge is 0.384 e. The second kappa shape index (κ2) is 7.64. The van der Waals surface area contributed by atoms with Crippen molar-refractivity contribution in [3.05, 3.63) is 82.9 Å². The highest BCUT2D eigenvalue weighted by atomic mass is 15.3. The highest BCUT2D eigenvalue weighted by molar-refractivity contribution is 5.77. The number of hydrogen-bond acceptors (Lipinski definition) is 5. The lowest BCUT2D eigenvalue weighted by atomic mass is 9.88. The number of aromatic amines is 1. The predicted octanol–water partition coefficient (Wildman–Crippen LogP) is 3.73. The Bertz CT molecular complexity index is 1120. The van der Waals surface area contributed by atoms with Crippen LogP contribution in [0.15, 0.2) is 60.7 Å². The van der Waals surface area contributed by atoms with E-state index >= 15 is 0 Å². The molecule has 2 aromatic heterocycles. The van der Waals surface area contributed by atoms with Crippen molar-refractivity contribution in [2.24, 2.45) is 0 Å². The summed E-state index contributed by atoms with van der Waals surface area (Å²) in [6.45, 7) is 0.903. The van der Waals surface area contributed by atoms with Crippen LogP contribution in [0.1, 0.15) is 47.1 Å². The van der Waals surface area contributed by atoms with Crippen molar-refractivity contribution >= 4 is 17.0 Å². The van der Waals surface area contributed by atoms with Gasteiger partial charge in [-0.15, -0.1) is 5.10 Å². The fourth-order valence-corrected chi connectivity index (χ4v) is 4.51. The Balaban J connectivity index is 1.41. The molecule has 0 amide bonds. The average molecular weight is 384 g/mol. The zero-order valence-electron chi connectivity index (χ0n) is 16.2. The zero-order valence-corrected chi connectivity index (χ0v) is 16.2. The number of H-pyrrole nitrogens is 1. The van der Waals surface area contributed by atoms with E-state index in [1.54, 1.807) is 0 Å². The summed E-state index contributed by atoms with van der Waals surface area (Å²) in [6.07, 6.45) is 3.25. The van der Waals surface area contributed by atoms with E-state index in [-0.39, 0.29) is 5.92 Å². The number of nitrogens with two attached hydrogens (primary N) is 1. The quantitative estimate of drug-likeness (QED) is 0.471. The van der Waals surface area contributed by atoms with Gasteiger partial charge in [-0.3, -0.25) is 0 Å². The summed E-state index contributed by atoms with van der Waals surface area (Å²) in [4.78, 5) is 4.32. The summed E-state index contributed by atoms with van der Waals surface area (Å²) in [5.41, 5.74) is 12.7. The van der Waals surface area contributed by atoms with Gasteiger partial charge in [0.2, 0.25) is 0 Å². The van der Waals surface area contributed by atoms with Crippen molar-refractivity contribution in [2.75, 3.05) is 12.3 Å². The van der Waals surface area contributed by atoms with Gasteiger partial charge in [0.25, 0.3) is 0 Å². The maximum atomic E-state index is 6.08. The Morgan fingerprint density at radius 1 is 1.10 bits per heavy atom. The summed E-state index contributed by atoms with van der Waals surface area (Å²) in [7, 11) is 0. The monoisotopic (exact) mass is 384 g/mol. The predicted molar refractivity (Wildman–Crippen MR) is 115 cm³/mol. The highest BCUT2D eigenvalue weighted by Crippen LogP contribution is 2.34. The highest BCUT2D eigenvalue weighted by Gasteiger charge is 2.23. The molecule has 1 aliphatic carbocycles. The molecule has 1 aliphatic rings. The summed E-state index contributed by atoms with van der Waals surface area (Å²) in [6, 6.07) is 21.6. The van der Waals surface area contributed by atoms with Crippen LogP contribution in [-0.4, -0.2) is 26.9 Å². The SMILES string of the molecule is Nc1cc([C@H](CCN[C@H]2CCc3ccccc32)c2ccccc2)c2nn[nH]c2n1. The van der Waals surface area contributed by atoms with Crippen LogP contribution >= 0.6 is 0 Å². The first-order valence-corrected chi connectivity index (χ1v) is 10.1. The molecule has 5 rings (SSSR count). The van der Waals surface area contributed by atoms with Gasteiger partial charge < -0.3 is 11.1 Å². The van der Waals surface area contributed by atoms with Crippen molar-refractivity contribution < 1.29 is 0 Å². The number of aromatic nitrogens is 4. The van der Waals surface area contributed by atoms with Gasteiger partial charge in [-0.25, -0.2) is 10.1 Å². The normalized spacial score (nSPS) is 16.8. The Morgan fingerprint density at radius 3 is 2.83 bits per heavy atom. The number of nitrogen functional groups attached to an aromatic ring is 1. The lowest BCUT2D eigenvalue weighted by molar-refractivity contribution is 0.508. The molecule has 6 nitrogen and oxygen atoms in total. The maximum absolute atomic E-state index is 6.08. The number of anilines is 1. The van der Waals surface area contributed by atoms with Crippen LogP contribution in [0.4, 0.5) is 5.82 Å². The van der Waals surface area contributed by atoms with Crippen molar-refractivity contribution in [1.82, 2.24) is 25.7 Å². The van der Waals surface area contributed by atoms with Crippen LogP contribution in [0.25, 0.3) is 11.2 Å². The molecular formula is C23H24N6. The number of nitrogens with one attached hydrogen (secondary N) is 2. The molecule has 4 N–H and O–H groups in total. The number of nitrogens with zero attached hydrogens (tertiary/aromatic N) is 3. The Hall–Kier alpha value is -3.25. The summed E-state index contributed by atoms with van der Waals surface area (Å²) in [5, 5.41) is 14.8. The fourth-order valence-electron chi connectivity index (χ4n) is 4.51. The minimum absolute atomic E-state index is 0.165. The smallest absolute Gasteiger partial charge is 0.178 e. The third-order valence-corrected chi connectivity index (χ3v) is 5.88. The van der Waals surface area contributed by atoms with Gasteiger partial charge in [0, 0.05) is 12.0 Å². The number of rotatable bonds is 6. The summed E-state index contributed by atoms with van der Waals surface area (Å²) >= 11 is 0. The Labute approximate surface area is 169 Å². The molecule has 2 aromatic carbocycles. The summed E-state index contributed by atoms with van der Waals surface area (Å²) in [5.74, 6) is 0.649. The molecule has 0 fully saturated rings. The van der Waals surface area contributed by atoms with Gasteiger partial charge in [-0.1, -0.05) is 59.8 Å². The van der Waals surface area contributed by atoms with E-state index < -0.39 is 0 Å². The van der Waals surface area contributed by atoms with E-state index in [0.717, 1.165) is 36.9 Å². The Kier molecular flexibility index (Phi) is 4.69. The molecule has 29 heavy (non-hydrogen) atoms. The minimum Gasteiger partial charge on any atom is -0.384 e. The molecule has 2 heterocycles. The second-order valence-corrected chi connectivity index (χ2v) is 7.64. The first-order chi connectivity index (χ1) is 14.3. The van der Waals surface area contributed by atoms with Crippen LogP contribution < -0.4 is 11.1 Å². The van der Waals surface area contributed by atoms with Crippen molar-refractivity contribution in [2.45, 2.75) is 31.2 Å². The third-order valence-electron chi connectivity index (χ3n) is 5.88. The number of hydrogen-bond donors (Lipinski definition) is 3. The van der Waals surface area contributed by atoms with E-state index in [0.29, 0.717) is 17.5 Å². The molecule has 2 atom stereocenters. The number of fused-ring (bicyclic) bond motifs is 2. The lowest BCUT2D eigenvalue weighted by Gasteiger charge is -2.21. The van der Waals surface area contributed by atoms with Gasteiger partial charge in [0.15, 0.2) is 5.65 Å². The molecule has 0 spiro atoms. The number of pyridine rings is 1. The number of benzene rings is 2. The average Bonchev–Trinajstić information content (AvgIpc) is 3.38. The van der Waals surface area contributed by atoms with E-state index in [4.69, 9.17) is 5.73 Å². The first kappa shape index (κ1) is 17.8. The zero-order chi connectivity index (χ0) is 19.6. The van der Waals surface area contributed by atoms with Crippen LogP contribution in [-0.2, 0) is 6.42 Å². The van der Waals surface area contributed by atoms with Crippen LogP contribution in [0.3, 0.4) is 0 Å². The van der Waals surface area contributed by atoms with Crippen molar-refractivity contribution in [1.29, 1.82) is 0 Å². The molecule has 0 saturated carbocycles.